The highest BCUT2D eigenvalue weighted by Gasteiger charge is 2.26. The van der Waals surface area contributed by atoms with Gasteiger partial charge in [-0.15, -0.1) is 0 Å². The summed E-state index contributed by atoms with van der Waals surface area (Å²) in [4.78, 5) is 22.1. The second kappa shape index (κ2) is 3.81. The van der Waals surface area contributed by atoms with Gasteiger partial charge in [-0.2, -0.15) is 0 Å². The number of carbonyl (C=O) groups is 2. The Bertz CT molecular complexity index is 485. The Hall–Kier alpha value is -2.10. The van der Waals surface area contributed by atoms with Crippen LogP contribution in [0.3, 0.4) is 0 Å². The Morgan fingerprint density at radius 2 is 1.94 bits per heavy atom. The zero-order valence-corrected chi connectivity index (χ0v) is 8.78. The van der Waals surface area contributed by atoms with Gasteiger partial charge in [0.05, 0.1) is 6.42 Å². The fourth-order valence-electron chi connectivity index (χ4n) is 1.69. The van der Waals surface area contributed by atoms with Crippen LogP contribution in [0.25, 0.3) is 5.57 Å². The van der Waals surface area contributed by atoms with Gasteiger partial charge in [0.2, 0.25) is 5.91 Å². The third-order valence-electron chi connectivity index (χ3n) is 2.52. The fraction of sp³-hybridized carbons (Fsp3) is 0.167. The second-order valence-corrected chi connectivity index (χ2v) is 3.75. The lowest BCUT2D eigenvalue weighted by atomic mass is 10.0. The SMILES string of the molecule is Cc1ccc(C2=C(C(=O)O)NC(=O)C2)cc1. The van der Waals surface area contributed by atoms with Crippen LogP contribution < -0.4 is 5.32 Å². The molecule has 0 atom stereocenters. The first-order valence-electron chi connectivity index (χ1n) is 4.91. The molecule has 0 aliphatic carbocycles. The molecule has 0 radical (unpaired) electrons. The largest absolute Gasteiger partial charge is 0.477 e. The highest BCUT2D eigenvalue weighted by atomic mass is 16.4. The lowest BCUT2D eigenvalue weighted by Crippen LogP contribution is -2.20. The molecule has 1 heterocycles. The first kappa shape index (κ1) is 10.4. The molecule has 1 aliphatic rings. The first-order chi connectivity index (χ1) is 7.58. The maximum atomic E-state index is 11.2. The van der Waals surface area contributed by atoms with E-state index < -0.39 is 5.97 Å². The number of carboxylic acids is 1. The van der Waals surface area contributed by atoms with E-state index in [1.54, 1.807) is 0 Å². The highest BCUT2D eigenvalue weighted by Crippen LogP contribution is 2.26. The normalized spacial score (nSPS) is 15.2. The van der Waals surface area contributed by atoms with E-state index in [9.17, 15) is 9.59 Å². The summed E-state index contributed by atoms with van der Waals surface area (Å²) >= 11 is 0. The minimum Gasteiger partial charge on any atom is -0.477 e. The molecule has 0 saturated carbocycles. The van der Waals surface area contributed by atoms with E-state index in [0.29, 0.717) is 5.57 Å². The van der Waals surface area contributed by atoms with Gasteiger partial charge >= 0.3 is 5.97 Å². The van der Waals surface area contributed by atoms with Crippen molar-refractivity contribution in [2.45, 2.75) is 13.3 Å². The van der Waals surface area contributed by atoms with E-state index in [1.807, 2.05) is 31.2 Å². The van der Waals surface area contributed by atoms with Crippen molar-refractivity contribution in [2.75, 3.05) is 0 Å². The Labute approximate surface area is 92.6 Å². The number of aryl methyl sites for hydroxylation is 1. The zero-order valence-electron chi connectivity index (χ0n) is 8.78. The first-order valence-corrected chi connectivity index (χ1v) is 4.91. The van der Waals surface area contributed by atoms with E-state index in [2.05, 4.69) is 5.32 Å². The summed E-state index contributed by atoms with van der Waals surface area (Å²) in [5.74, 6) is -1.37. The van der Waals surface area contributed by atoms with Crippen molar-refractivity contribution in [3.05, 3.63) is 41.1 Å². The summed E-state index contributed by atoms with van der Waals surface area (Å²) in [6.45, 7) is 1.95. The number of carboxylic acid groups (broad SMARTS) is 1. The topological polar surface area (TPSA) is 66.4 Å². The molecule has 4 nitrogen and oxygen atoms in total. The summed E-state index contributed by atoms with van der Waals surface area (Å²) in [6, 6.07) is 7.44. The van der Waals surface area contributed by atoms with Crippen molar-refractivity contribution >= 4 is 17.4 Å². The molecular weight excluding hydrogens is 206 g/mol. The summed E-state index contributed by atoms with van der Waals surface area (Å²) < 4.78 is 0. The highest BCUT2D eigenvalue weighted by molar-refractivity contribution is 6.08. The average molecular weight is 217 g/mol. The fourth-order valence-corrected chi connectivity index (χ4v) is 1.69. The Balaban J connectivity index is 2.45. The molecule has 0 fully saturated rings. The van der Waals surface area contributed by atoms with Crippen molar-refractivity contribution in [3.8, 4) is 0 Å². The molecule has 4 heteroatoms. The molecule has 2 N–H and O–H groups in total. The molecule has 0 unspecified atom stereocenters. The van der Waals surface area contributed by atoms with Crippen LogP contribution in [0.4, 0.5) is 0 Å². The lowest BCUT2D eigenvalue weighted by Gasteiger charge is -2.03. The van der Waals surface area contributed by atoms with Gasteiger partial charge in [-0.3, -0.25) is 4.79 Å². The molecule has 2 rings (SSSR count). The van der Waals surface area contributed by atoms with E-state index >= 15 is 0 Å². The Morgan fingerprint density at radius 3 is 2.50 bits per heavy atom. The van der Waals surface area contributed by atoms with Gasteiger partial charge in [0, 0.05) is 0 Å². The second-order valence-electron chi connectivity index (χ2n) is 3.75. The number of hydrogen-bond acceptors (Lipinski definition) is 2. The summed E-state index contributed by atoms with van der Waals surface area (Å²) in [6.07, 6.45) is 0.130. The van der Waals surface area contributed by atoms with Crippen molar-refractivity contribution in [1.29, 1.82) is 0 Å². The molecule has 1 aliphatic heterocycles. The number of rotatable bonds is 2. The Kier molecular flexibility index (Phi) is 2.48. The van der Waals surface area contributed by atoms with Crippen LogP contribution in [-0.4, -0.2) is 17.0 Å². The van der Waals surface area contributed by atoms with Gasteiger partial charge in [-0.25, -0.2) is 4.79 Å². The maximum Gasteiger partial charge on any atom is 0.352 e. The van der Waals surface area contributed by atoms with Gasteiger partial charge in [-0.1, -0.05) is 29.8 Å². The number of amides is 1. The number of hydrogen-bond donors (Lipinski definition) is 2. The van der Waals surface area contributed by atoms with Crippen molar-refractivity contribution in [2.24, 2.45) is 0 Å². The third kappa shape index (κ3) is 1.82. The monoisotopic (exact) mass is 217 g/mol. The zero-order chi connectivity index (χ0) is 11.7. The summed E-state index contributed by atoms with van der Waals surface area (Å²) in [5, 5.41) is 11.3. The van der Waals surface area contributed by atoms with Gasteiger partial charge in [0.25, 0.3) is 0 Å². The maximum absolute atomic E-state index is 11.2. The summed E-state index contributed by atoms with van der Waals surface area (Å²) in [7, 11) is 0. The van der Waals surface area contributed by atoms with Crippen LogP contribution >= 0.6 is 0 Å². The standard InChI is InChI=1S/C12H11NO3/c1-7-2-4-8(5-3-7)9-6-10(14)13-11(9)12(15)16/h2-5H,6H2,1H3,(H,13,14)(H,15,16). The average Bonchev–Trinajstić information content (AvgIpc) is 2.61. The van der Waals surface area contributed by atoms with E-state index in [-0.39, 0.29) is 18.0 Å². The molecular formula is C12H11NO3. The molecule has 16 heavy (non-hydrogen) atoms. The number of benzene rings is 1. The van der Waals surface area contributed by atoms with Crippen LogP contribution in [0.5, 0.6) is 0 Å². The molecule has 0 spiro atoms. The van der Waals surface area contributed by atoms with E-state index in [1.165, 1.54) is 0 Å². The molecule has 0 saturated heterocycles. The summed E-state index contributed by atoms with van der Waals surface area (Å²) in [5.41, 5.74) is 2.42. The van der Waals surface area contributed by atoms with Gasteiger partial charge in [-0.05, 0) is 18.1 Å². The van der Waals surface area contributed by atoms with Crippen molar-refractivity contribution < 1.29 is 14.7 Å². The van der Waals surface area contributed by atoms with E-state index in [4.69, 9.17) is 5.11 Å². The smallest absolute Gasteiger partial charge is 0.352 e. The molecule has 0 aromatic heterocycles. The van der Waals surface area contributed by atoms with Crippen LogP contribution in [0.15, 0.2) is 30.0 Å². The molecule has 1 aromatic carbocycles. The van der Waals surface area contributed by atoms with Crippen LogP contribution in [0.1, 0.15) is 17.5 Å². The quantitative estimate of drug-likeness (QED) is 0.784. The van der Waals surface area contributed by atoms with Gasteiger partial charge < -0.3 is 10.4 Å². The van der Waals surface area contributed by atoms with Crippen molar-refractivity contribution in [3.63, 3.8) is 0 Å². The Morgan fingerprint density at radius 1 is 1.31 bits per heavy atom. The van der Waals surface area contributed by atoms with E-state index in [0.717, 1.165) is 11.1 Å². The van der Waals surface area contributed by atoms with Crippen LogP contribution in [0, 0.1) is 6.92 Å². The third-order valence-corrected chi connectivity index (χ3v) is 2.52. The predicted octanol–water partition coefficient (Wildman–Crippen LogP) is 1.31. The van der Waals surface area contributed by atoms with Gasteiger partial charge in [0.1, 0.15) is 5.70 Å². The van der Waals surface area contributed by atoms with Crippen LogP contribution in [0.2, 0.25) is 0 Å². The molecule has 1 aromatic rings. The van der Waals surface area contributed by atoms with Crippen molar-refractivity contribution in [1.82, 2.24) is 5.32 Å². The minimum absolute atomic E-state index is 0.00569. The number of carbonyl (C=O) groups excluding carboxylic acids is 1. The molecule has 0 bridgehead atoms. The molecule has 82 valence electrons. The van der Waals surface area contributed by atoms with Crippen LogP contribution in [-0.2, 0) is 9.59 Å². The number of aliphatic carboxylic acids is 1. The molecule has 1 amide bonds. The predicted molar refractivity (Wildman–Crippen MR) is 58.5 cm³/mol. The lowest BCUT2D eigenvalue weighted by molar-refractivity contribution is -0.134. The number of nitrogens with one attached hydrogen (secondary N) is 1. The van der Waals surface area contributed by atoms with Gasteiger partial charge in [0.15, 0.2) is 0 Å². The minimum atomic E-state index is -1.10.